The van der Waals surface area contributed by atoms with Crippen LogP contribution in [0.2, 0.25) is 0 Å². The van der Waals surface area contributed by atoms with E-state index in [1.807, 2.05) is 56.1 Å². The summed E-state index contributed by atoms with van der Waals surface area (Å²) in [5, 5.41) is 12.0. The van der Waals surface area contributed by atoms with Gasteiger partial charge in [-0.2, -0.15) is 0 Å². The summed E-state index contributed by atoms with van der Waals surface area (Å²) in [6.07, 6.45) is 1.77. The maximum atomic E-state index is 12.5. The standard InChI is InChI=1S/C19H29N3O3.ClH/c1-14(16-7-5-4-6-8-16)20-19(25)15(2)22-11-9-17(10-12-22)21(3)13-18(23)24;/h4-8,14-15,17H,9-13H2,1-3H3,(H,20,25)(H,23,24);1H. The zero-order valence-corrected chi connectivity index (χ0v) is 16.5. The van der Waals surface area contributed by atoms with E-state index in [4.69, 9.17) is 5.11 Å². The topological polar surface area (TPSA) is 72.9 Å². The van der Waals surface area contributed by atoms with Gasteiger partial charge in [0.1, 0.15) is 0 Å². The van der Waals surface area contributed by atoms with Crippen LogP contribution in [0.15, 0.2) is 30.3 Å². The third-order valence-electron chi connectivity index (χ3n) is 5.09. The summed E-state index contributed by atoms with van der Waals surface area (Å²) in [4.78, 5) is 27.4. The maximum absolute atomic E-state index is 12.5. The molecule has 0 radical (unpaired) electrons. The number of likely N-dealkylation sites (N-methyl/N-ethyl adjacent to an activating group) is 1. The minimum Gasteiger partial charge on any atom is -0.480 e. The van der Waals surface area contributed by atoms with E-state index < -0.39 is 5.97 Å². The summed E-state index contributed by atoms with van der Waals surface area (Å²) in [5.41, 5.74) is 1.09. The first-order chi connectivity index (χ1) is 11.9. The summed E-state index contributed by atoms with van der Waals surface area (Å²) in [6.45, 7) is 5.61. The van der Waals surface area contributed by atoms with Crippen molar-refractivity contribution in [1.29, 1.82) is 0 Å². The number of amides is 1. The van der Waals surface area contributed by atoms with Crippen LogP contribution in [-0.2, 0) is 9.59 Å². The van der Waals surface area contributed by atoms with Gasteiger partial charge in [0.05, 0.1) is 18.6 Å². The van der Waals surface area contributed by atoms with Crippen LogP contribution >= 0.6 is 12.4 Å². The number of likely N-dealkylation sites (tertiary alicyclic amines) is 1. The SMILES string of the molecule is CC(NC(=O)C(C)N1CCC(N(C)CC(=O)O)CC1)c1ccccc1.Cl. The zero-order valence-electron chi connectivity index (χ0n) is 15.7. The fourth-order valence-electron chi connectivity index (χ4n) is 3.38. The lowest BCUT2D eigenvalue weighted by atomic mass is 10.0. The zero-order chi connectivity index (χ0) is 18.4. The van der Waals surface area contributed by atoms with Gasteiger partial charge in [-0.15, -0.1) is 12.4 Å². The van der Waals surface area contributed by atoms with Crippen molar-refractivity contribution in [3.8, 4) is 0 Å². The largest absolute Gasteiger partial charge is 0.480 e. The highest BCUT2D eigenvalue weighted by molar-refractivity contribution is 5.85. The average Bonchev–Trinajstić information content (AvgIpc) is 2.61. The number of rotatable bonds is 7. The van der Waals surface area contributed by atoms with E-state index >= 15 is 0 Å². The van der Waals surface area contributed by atoms with E-state index in [-0.39, 0.29) is 43.0 Å². The van der Waals surface area contributed by atoms with E-state index in [1.54, 1.807) is 0 Å². The maximum Gasteiger partial charge on any atom is 0.317 e. The fraction of sp³-hybridized carbons (Fsp3) is 0.579. The molecule has 146 valence electrons. The number of benzene rings is 1. The van der Waals surface area contributed by atoms with Gasteiger partial charge in [0.2, 0.25) is 5.91 Å². The highest BCUT2D eigenvalue weighted by Gasteiger charge is 2.29. The molecule has 2 N–H and O–H groups in total. The molecule has 2 rings (SSSR count). The molecule has 2 unspecified atom stereocenters. The monoisotopic (exact) mass is 383 g/mol. The molecule has 1 saturated heterocycles. The van der Waals surface area contributed by atoms with E-state index in [0.717, 1.165) is 31.5 Å². The van der Waals surface area contributed by atoms with Gasteiger partial charge in [-0.3, -0.25) is 19.4 Å². The number of aliphatic carboxylic acids is 1. The second-order valence-electron chi connectivity index (χ2n) is 6.89. The Labute approximate surface area is 162 Å². The molecule has 1 aromatic rings. The van der Waals surface area contributed by atoms with E-state index in [1.165, 1.54) is 0 Å². The lowest BCUT2D eigenvalue weighted by Gasteiger charge is -2.38. The second kappa shape index (κ2) is 10.5. The van der Waals surface area contributed by atoms with E-state index in [2.05, 4.69) is 10.2 Å². The third-order valence-corrected chi connectivity index (χ3v) is 5.09. The van der Waals surface area contributed by atoms with Crippen molar-refractivity contribution in [2.45, 2.75) is 44.8 Å². The number of halogens is 1. The first kappa shape index (κ1) is 22.4. The van der Waals surface area contributed by atoms with Crippen molar-refractivity contribution in [1.82, 2.24) is 15.1 Å². The van der Waals surface area contributed by atoms with Gasteiger partial charge >= 0.3 is 5.97 Å². The number of carboxylic acid groups (broad SMARTS) is 1. The van der Waals surface area contributed by atoms with Gasteiger partial charge in [0.25, 0.3) is 0 Å². The highest BCUT2D eigenvalue weighted by Crippen LogP contribution is 2.18. The van der Waals surface area contributed by atoms with Crippen LogP contribution in [0, 0.1) is 0 Å². The Balaban J connectivity index is 0.00000338. The smallest absolute Gasteiger partial charge is 0.317 e. The molecule has 0 spiro atoms. The van der Waals surface area contributed by atoms with Gasteiger partial charge in [-0.05, 0) is 39.3 Å². The van der Waals surface area contributed by atoms with Crippen LogP contribution in [0.4, 0.5) is 0 Å². The summed E-state index contributed by atoms with van der Waals surface area (Å²) < 4.78 is 0. The number of hydrogen-bond acceptors (Lipinski definition) is 4. The van der Waals surface area contributed by atoms with Gasteiger partial charge < -0.3 is 10.4 Å². The minimum absolute atomic E-state index is 0. The Bertz CT molecular complexity index is 577. The lowest BCUT2D eigenvalue weighted by Crippen LogP contribution is -2.51. The Hall–Kier alpha value is -1.63. The normalized spacial score (nSPS) is 18.0. The fourth-order valence-corrected chi connectivity index (χ4v) is 3.38. The van der Waals surface area contributed by atoms with E-state index in [9.17, 15) is 9.59 Å². The molecule has 1 aromatic carbocycles. The molecule has 26 heavy (non-hydrogen) atoms. The lowest BCUT2D eigenvalue weighted by molar-refractivity contribution is -0.138. The number of nitrogens with one attached hydrogen (secondary N) is 1. The highest BCUT2D eigenvalue weighted by atomic mass is 35.5. The van der Waals surface area contributed by atoms with Crippen molar-refractivity contribution in [3.63, 3.8) is 0 Å². The Morgan fingerprint density at radius 1 is 1.23 bits per heavy atom. The van der Waals surface area contributed by atoms with Gasteiger partial charge in [-0.25, -0.2) is 0 Å². The number of hydrogen-bond donors (Lipinski definition) is 2. The number of nitrogens with zero attached hydrogens (tertiary/aromatic N) is 2. The van der Waals surface area contributed by atoms with Crippen LogP contribution < -0.4 is 5.32 Å². The molecule has 0 aliphatic carbocycles. The Morgan fingerprint density at radius 3 is 2.35 bits per heavy atom. The van der Waals surface area contributed by atoms with Crippen molar-refractivity contribution in [2.75, 3.05) is 26.7 Å². The van der Waals surface area contributed by atoms with Crippen LogP contribution in [-0.4, -0.2) is 65.5 Å². The summed E-state index contributed by atoms with van der Waals surface area (Å²) in [6, 6.07) is 10.0. The van der Waals surface area contributed by atoms with Crippen LogP contribution in [0.25, 0.3) is 0 Å². The molecule has 6 nitrogen and oxygen atoms in total. The van der Waals surface area contributed by atoms with E-state index in [0.29, 0.717) is 0 Å². The Morgan fingerprint density at radius 2 is 1.81 bits per heavy atom. The molecule has 2 atom stereocenters. The van der Waals surface area contributed by atoms with Gasteiger partial charge in [-0.1, -0.05) is 30.3 Å². The summed E-state index contributed by atoms with van der Waals surface area (Å²) >= 11 is 0. The number of carbonyl (C=O) groups is 2. The molecular formula is C19H30ClN3O3. The molecule has 1 fully saturated rings. The van der Waals surface area contributed by atoms with Crippen LogP contribution in [0.5, 0.6) is 0 Å². The van der Waals surface area contributed by atoms with Crippen LogP contribution in [0.3, 0.4) is 0 Å². The van der Waals surface area contributed by atoms with Crippen molar-refractivity contribution in [2.24, 2.45) is 0 Å². The molecule has 0 saturated carbocycles. The second-order valence-corrected chi connectivity index (χ2v) is 6.89. The Kier molecular flexibility index (Phi) is 9.05. The molecular weight excluding hydrogens is 354 g/mol. The van der Waals surface area contributed by atoms with Crippen molar-refractivity contribution < 1.29 is 14.7 Å². The molecule has 1 amide bonds. The summed E-state index contributed by atoms with van der Waals surface area (Å²) in [5.74, 6) is -0.763. The van der Waals surface area contributed by atoms with Crippen molar-refractivity contribution >= 4 is 24.3 Å². The molecule has 0 aromatic heterocycles. The molecule has 1 aliphatic rings. The number of carboxylic acids is 1. The summed E-state index contributed by atoms with van der Waals surface area (Å²) in [7, 11) is 1.85. The van der Waals surface area contributed by atoms with Crippen LogP contribution in [0.1, 0.15) is 38.3 Å². The third kappa shape index (κ3) is 6.27. The molecule has 7 heteroatoms. The minimum atomic E-state index is -0.799. The molecule has 1 aliphatic heterocycles. The van der Waals surface area contributed by atoms with Crippen molar-refractivity contribution in [3.05, 3.63) is 35.9 Å². The predicted molar refractivity (Wildman–Crippen MR) is 105 cm³/mol. The average molecular weight is 384 g/mol. The molecule has 0 bridgehead atoms. The quantitative estimate of drug-likeness (QED) is 0.754. The predicted octanol–water partition coefficient (Wildman–Crippen LogP) is 2.15. The first-order valence-electron chi connectivity index (χ1n) is 8.90. The van der Waals surface area contributed by atoms with Gasteiger partial charge in [0.15, 0.2) is 0 Å². The number of piperidine rings is 1. The first-order valence-corrected chi connectivity index (χ1v) is 8.90. The number of carbonyl (C=O) groups excluding carboxylic acids is 1. The van der Waals surface area contributed by atoms with Gasteiger partial charge in [0, 0.05) is 19.1 Å². The molecule has 1 heterocycles.